The van der Waals surface area contributed by atoms with Crippen molar-refractivity contribution in [1.82, 2.24) is 15.0 Å². The van der Waals surface area contributed by atoms with Crippen molar-refractivity contribution in [3.63, 3.8) is 0 Å². The molecule has 0 saturated heterocycles. The number of hydrogen-bond donors (Lipinski definition) is 0. The molecule has 1 aromatic carbocycles. The van der Waals surface area contributed by atoms with Crippen LogP contribution >= 0.6 is 0 Å². The molecule has 6 nitrogen and oxygen atoms in total. The van der Waals surface area contributed by atoms with Gasteiger partial charge in [-0.25, -0.2) is 14.8 Å². The normalized spacial score (nSPS) is 11.5. The molecule has 0 bridgehead atoms. The second-order valence-corrected chi connectivity index (χ2v) is 5.84. The highest BCUT2D eigenvalue weighted by Gasteiger charge is 2.23. The quantitative estimate of drug-likeness (QED) is 0.393. The van der Waals surface area contributed by atoms with Crippen LogP contribution in [-0.2, 0) is 9.53 Å². The average molecular weight is 361 g/mol. The van der Waals surface area contributed by atoms with E-state index < -0.39 is 5.97 Å². The lowest BCUT2D eigenvalue weighted by Crippen LogP contribution is -2.16. The molecule has 136 valence electrons. The van der Waals surface area contributed by atoms with E-state index in [0.717, 1.165) is 17.0 Å². The lowest BCUT2D eigenvalue weighted by atomic mass is 9.98. The fraction of sp³-hybridized carbons (Fsp3) is 0.143. The number of methoxy groups -OCH3 is 1. The number of ether oxygens (including phenoxy) is 2. The monoisotopic (exact) mass is 361 g/mol. The minimum atomic E-state index is -0.625. The molecular weight excluding hydrogens is 342 g/mol. The van der Waals surface area contributed by atoms with Crippen molar-refractivity contribution in [2.75, 3.05) is 7.11 Å². The van der Waals surface area contributed by atoms with Crippen LogP contribution in [0.25, 0.3) is 5.57 Å². The minimum Gasteiger partial charge on any atom is -0.463 e. The van der Waals surface area contributed by atoms with Crippen molar-refractivity contribution in [2.45, 2.75) is 13.8 Å². The molecule has 0 amide bonds. The van der Waals surface area contributed by atoms with Gasteiger partial charge in [0.2, 0.25) is 5.76 Å². The maximum absolute atomic E-state index is 12.6. The van der Waals surface area contributed by atoms with Crippen LogP contribution in [-0.4, -0.2) is 28.0 Å². The zero-order valence-electron chi connectivity index (χ0n) is 15.3. The minimum absolute atomic E-state index is 0.00157. The van der Waals surface area contributed by atoms with Gasteiger partial charge in [0.05, 0.1) is 7.11 Å². The van der Waals surface area contributed by atoms with Gasteiger partial charge < -0.3 is 9.47 Å². The average Bonchev–Trinajstić information content (AvgIpc) is 2.68. The van der Waals surface area contributed by atoms with Crippen LogP contribution < -0.4 is 4.74 Å². The van der Waals surface area contributed by atoms with Crippen molar-refractivity contribution in [3.05, 3.63) is 89.2 Å². The Hall–Kier alpha value is -3.54. The van der Waals surface area contributed by atoms with E-state index in [0.29, 0.717) is 11.1 Å². The highest BCUT2D eigenvalue weighted by atomic mass is 16.6. The van der Waals surface area contributed by atoms with Gasteiger partial charge in [-0.1, -0.05) is 36.4 Å². The highest BCUT2D eigenvalue weighted by Crippen LogP contribution is 2.28. The summed E-state index contributed by atoms with van der Waals surface area (Å²) >= 11 is 0. The Balaban J connectivity index is 2.22. The number of hydrogen-bond acceptors (Lipinski definition) is 6. The molecule has 0 spiro atoms. The Morgan fingerprint density at radius 1 is 0.926 bits per heavy atom. The summed E-state index contributed by atoms with van der Waals surface area (Å²) in [4.78, 5) is 25.3. The first-order valence-corrected chi connectivity index (χ1v) is 8.37. The van der Waals surface area contributed by atoms with Gasteiger partial charge in [-0.3, -0.25) is 4.98 Å². The summed E-state index contributed by atoms with van der Waals surface area (Å²) in [5.41, 5.74) is 3.54. The van der Waals surface area contributed by atoms with E-state index in [9.17, 15) is 4.79 Å². The third-order valence-corrected chi connectivity index (χ3v) is 3.77. The zero-order chi connectivity index (χ0) is 19.2. The van der Waals surface area contributed by atoms with Gasteiger partial charge >= 0.3 is 12.0 Å². The van der Waals surface area contributed by atoms with Gasteiger partial charge in [-0.05, 0) is 31.5 Å². The molecule has 0 saturated carbocycles. The SMILES string of the molecule is COC(=O)/C(Oc1nc(C)cc(C)n1)=C(\c1ccccc1)c1cccnc1. The van der Waals surface area contributed by atoms with Crippen LogP contribution in [0.5, 0.6) is 6.01 Å². The molecule has 0 atom stereocenters. The van der Waals surface area contributed by atoms with Gasteiger partial charge in [0.25, 0.3) is 0 Å². The predicted octanol–water partition coefficient (Wildman–Crippen LogP) is 3.50. The number of carbonyl (C=O) groups excluding carboxylic acids is 1. The molecule has 3 aromatic rings. The van der Waals surface area contributed by atoms with Crippen molar-refractivity contribution >= 4 is 11.5 Å². The van der Waals surface area contributed by atoms with Crippen molar-refractivity contribution < 1.29 is 14.3 Å². The fourth-order valence-corrected chi connectivity index (χ4v) is 2.66. The summed E-state index contributed by atoms with van der Waals surface area (Å²) in [6, 6.07) is 15.0. The van der Waals surface area contributed by atoms with Gasteiger partial charge in [0.1, 0.15) is 0 Å². The topological polar surface area (TPSA) is 74.2 Å². The van der Waals surface area contributed by atoms with Gasteiger partial charge in [0, 0.05) is 34.9 Å². The number of pyridine rings is 1. The Labute approximate surface area is 157 Å². The molecule has 3 rings (SSSR count). The first kappa shape index (κ1) is 18.3. The molecule has 0 aliphatic rings. The molecule has 0 aliphatic carbocycles. The smallest absolute Gasteiger partial charge is 0.374 e. The second-order valence-electron chi connectivity index (χ2n) is 5.84. The third kappa shape index (κ3) is 4.36. The van der Waals surface area contributed by atoms with Crippen LogP contribution in [0.1, 0.15) is 22.5 Å². The van der Waals surface area contributed by atoms with E-state index in [1.807, 2.05) is 56.3 Å². The molecule has 27 heavy (non-hydrogen) atoms. The van der Waals surface area contributed by atoms with E-state index in [1.165, 1.54) is 7.11 Å². The van der Waals surface area contributed by atoms with Crippen LogP contribution in [0.2, 0.25) is 0 Å². The largest absolute Gasteiger partial charge is 0.463 e. The van der Waals surface area contributed by atoms with Gasteiger partial charge in [0.15, 0.2) is 0 Å². The molecule has 0 aliphatic heterocycles. The van der Waals surface area contributed by atoms with Crippen molar-refractivity contribution in [3.8, 4) is 6.01 Å². The Morgan fingerprint density at radius 2 is 1.59 bits per heavy atom. The first-order valence-electron chi connectivity index (χ1n) is 8.37. The lowest BCUT2D eigenvalue weighted by molar-refractivity contribution is -0.138. The Morgan fingerprint density at radius 3 is 2.19 bits per heavy atom. The number of aryl methyl sites for hydroxylation is 2. The summed E-state index contributed by atoms with van der Waals surface area (Å²) in [6.45, 7) is 3.67. The summed E-state index contributed by atoms with van der Waals surface area (Å²) in [7, 11) is 1.31. The second kappa shape index (κ2) is 8.23. The van der Waals surface area contributed by atoms with E-state index in [2.05, 4.69) is 15.0 Å². The number of nitrogens with zero attached hydrogens (tertiary/aromatic N) is 3. The van der Waals surface area contributed by atoms with Crippen molar-refractivity contribution in [2.24, 2.45) is 0 Å². The summed E-state index contributed by atoms with van der Waals surface area (Å²) < 4.78 is 10.8. The third-order valence-electron chi connectivity index (χ3n) is 3.77. The molecule has 2 aromatic heterocycles. The Bertz CT molecular complexity index is 909. The predicted molar refractivity (Wildman–Crippen MR) is 101 cm³/mol. The lowest BCUT2D eigenvalue weighted by Gasteiger charge is -2.15. The summed E-state index contributed by atoms with van der Waals surface area (Å²) in [5.74, 6) is -0.623. The molecule has 0 N–H and O–H groups in total. The number of esters is 1. The van der Waals surface area contributed by atoms with Gasteiger partial charge in [-0.2, -0.15) is 0 Å². The fourth-order valence-electron chi connectivity index (χ4n) is 2.66. The van der Waals surface area contributed by atoms with E-state index in [1.54, 1.807) is 18.5 Å². The van der Waals surface area contributed by atoms with Crippen LogP contribution in [0, 0.1) is 13.8 Å². The first-order chi connectivity index (χ1) is 13.1. The molecule has 0 fully saturated rings. The molecular formula is C21H19N3O3. The Kier molecular flexibility index (Phi) is 5.56. The molecule has 2 heterocycles. The van der Waals surface area contributed by atoms with Crippen LogP contribution in [0.15, 0.2) is 66.7 Å². The van der Waals surface area contributed by atoms with Crippen LogP contribution in [0.4, 0.5) is 0 Å². The maximum atomic E-state index is 12.6. The number of carbonyl (C=O) groups is 1. The van der Waals surface area contributed by atoms with Crippen LogP contribution in [0.3, 0.4) is 0 Å². The summed E-state index contributed by atoms with van der Waals surface area (Å²) in [5, 5.41) is 0. The standard InChI is InChI=1S/C21H19N3O3/c1-14-12-15(2)24-21(23-14)27-19(20(25)26-3)18(16-8-5-4-6-9-16)17-10-7-11-22-13-17/h4-13H,1-3H3/b19-18-. The number of benzene rings is 1. The number of aromatic nitrogens is 3. The van der Waals surface area contributed by atoms with Gasteiger partial charge in [-0.15, -0.1) is 0 Å². The molecule has 0 radical (unpaired) electrons. The number of rotatable bonds is 5. The maximum Gasteiger partial charge on any atom is 0.374 e. The molecule has 0 unspecified atom stereocenters. The van der Waals surface area contributed by atoms with E-state index >= 15 is 0 Å². The highest BCUT2D eigenvalue weighted by molar-refractivity contribution is 6.00. The molecule has 6 heteroatoms. The van der Waals surface area contributed by atoms with Crippen molar-refractivity contribution in [1.29, 1.82) is 0 Å². The summed E-state index contributed by atoms with van der Waals surface area (Å²) in [6.07, 6.45) is 3.33. The van der Waals surface area contributed by atoms with E-state index in [-0.39, 0.29) is 11.8 Å². The zero-order valence-corrected chi connectivity index (χ0v) is 15.3. The van der Waals surface area contributed by atoms with E-state index in [4.69, 9.17) is 9.47 Å².